The van der Waals surface area contributed by atoms with Crippen LogP contribution >= 0.6 is 35.0 Å². The van der Waals surface area contributed by atoms with Crippen LogP contribution in [0.4, 0.5) is 0 Å². The van der Waals surface area contributed by atoms with E-state index in [1.807, 2.05) is 44.2 Å². The van der Waals surface area contributed by atoms with Gasteiger partial charge in [0.15, 0.2) is 18.1 Å². The van der Waals surface area contributed by atoms with Crippen molar-refractivity contribution in [1.82, 2.24) is 15.6 Å². The minimum absolute atomic E-state index is 0.0187. The number of thioether (sulfide) groups is 1. The molecular formula is C28H26Cl2N4O5S. The quantitative estimate of drug-likeness (QED) is 0.105. The highest BCUT2D eigenvalue weighted by Crippen LogP contribution is 2.30. The van der Waals surface area contributed by atoms with Gasteiger partial charge in [-0.25, -0.2) is 5.43 Å². The number of rotatable bonds is 13. The number of aryl methyl sites for hydroxylation is 1. The first kappa shape index (κ1) is 29.3. The van der Waals surface area contributed by atoms with Gasteiger partial charge in [-0.1, -0.05) is 64.8 Å². The monoisotopic (exact) mass is 600 g/mol. The lowest BCUT2D eigenvalue weighted by molar-refractivity contribution is -0.118. The second-order valence-corrected chi connectivity index (χ2v) is 10.1. The van der Waals surface area contributed by atoms with E-state index in [9.17, 15) is 4.79 Å². The Labute approximate surface area is 245 Å². The van der Waals surface area contributed by atoms with E-state index in [1.54, 1.807) is 24.3 Å². The van der Waals surface area contributed by atoms with Crippen LogP contribution in [-0.4, -0.2) is 34.7 Å². The molecule has 0 fully saturated rings. The Morgan fingerprint density at radius 2 is 1.82 bits per heavy atom. The van der Waals surface area contributed by atoms with Gasteiger partial charge in [0, 0.05) is 5.02 Å². The second-order valence-electron chi connectivity index (χ2n) is 8.32. The summed E-state index contributed by atoms with van der Waals surface area (Å²) in [5, 5.41) is 12.9. The molecular weight excluding hydrogens is 575 g/mol. The first-order chi connectivity index (χ1) is 19.4. The summed E-state index contributed by atoms with van der Waals surface area (Å²) in [6.07, 6.45) is 1.53. The SMILES string of the molecule is CCOc1cc(/C=N\NC(=O)CSc2nnc(COc3ccc(Cl)cc3Cl)o2)ccc1OCc1cccc(C)c1. The largest absolute Gasteiger partial charge is 0.490 e. The van der Waals surface area contributed by atoms with E-state index in [1.165, 1.54) is 11.8 Å². The number of nitrogens with zero attached hydrogens (tertiary/aromatic N) is 3. The summed E-state index contributed by atoms with van der Waals surface area (Å²) in [6, 6.07) is 18.5. The van der Waals surface area contributed by atoms with Crippen LogP contribution in [0.1, 0.15) is 29.5 Å². The molecule has 1 amide bonds. The van der Waals surface area contributed by atoms with E-state index < -0.39 is 0 Å². The van der Waals surface area contributed by atoms with E-state index in [4.69, 9.17) is 41.8 Å². The smallest absolute Gasteiger partial charge is 0.277 e. The average Bonchev–Trinajstić information content (AvgIpc) is 3.39. The number of hydrazone groups is 1. The van der Waals surface area contributed by atoms with Gasteiger partial charge in [-0.15, -0.1) is 10.2 Å². The number of carbonyl (C=O) groups is 1. The van der Waals surface area contributed by atoms with Gasteiger partial charge < -0.3 is 18.6 Å². The lowest BCUT2D eigenvalue weighted by atomic mass is 10.1. The third-order valence-electron chi connectivity index (χ3n) is 5.17. The van der Waals surface area contributed by atoms with E-state index in [-0.39, 0.29) is 29.4 Å². The van der Waals surface area contributed by atoms with Crippen molar-refractivity contribution in [3.63, 3.8) is 0 Å². The fraction of sp³-hybridized carbons (Fsp3) is 0.214. The number of aromatic nitrogens is 2. The fourth-order valence-corrected chi connectivity index (χ4v) is 4.42. The van der Waals surface area contributed by atoms with Crippen molar-refractivity contribution >= 4 is 47.1 Å². The Bertz CT molecular complexity index is 1480. The van der Waals surface area contributed by atoms with E-state index in [0.29, 0.717) is 40.5 Å². The maximum absolute atomic E-state index is 12.2. The van der Waals surface area contributed by atoms with E-state index in [0.717, 1.165) is 22.9 Å². The topological polar surface area (TPSA) is 108 Å². The molecule has 0 aliphatic carbocycles. The highest BCUT2D eigenvalue weighted by Gasteiger charge is 2.12. The Morgan fingerprint density at radius 3 is 2.62 bits per heavy atom. The van der Waals surface area contributed by atoms with Gasteiger partial charge in [-0.05, 0) is 61.4 Å². The van der Waals surface area contributed by atoms with Crippen LogP contribution < -0.4 is 19.6 Å². The van der Waals surface area contributed by atoms with Crippen LogP contribution in [-0.2, 0) is 18.0 Å². The minimum atomic E-state index is -0.340. The molecule has 1 N–H and O–H groups in total. The molecule has 0 bridgehead atoms. The molecule has 0 saturated heterocycles. The normalized spacial score (nSPS) is 11.0. The fourth-order valence-electron chi connectivity index (χ4n) is 3.38. The summed E-state index contributed by atoms with van der Waals surface area (Å²) >= 11 is 13.0. The molecule has 1 aromatic heterocycles. The van der Waals surface area contributed by atoms with Crippen molar-refractivity contribution < 1.29 is 23.4 Å². The summed E-state index contributed by atoms with van der Waals surface area (Å²) in [4.78, 5) is 12.2. The number of ether oxygens (including phenoxy) is 3. The lowest BCUT2D eigenvalue weighted by Crippen LogP contribution is -2.19. The summed E-state index contributed by atoms with van der Waals surface area (Å²) in [5.74, 6) is 1.58. The molecule has 0 radical (unpaired) electrons. The van der Waals surface area contributed by atoms with Crippen LogP contribution in [0.5, 0.6) is 17.2 Å². The Balaban J connectivity index is 1.24. The van der Waals surface area contributed by atoms with Gasteiger partial charge in [0.25, 0.3) is 17.0 Å². The number of halogens is 2. The third kappa shape index (κ3) is 8.90. The molecule has 0 saturated carbocycles. The Morgan fingerprint density at radius 1 is 1.00 bits per heavy atom. The molecule has 0 aliphatic rings. The molecule has 12 heteroatoms. The van der Waals surface area contributed by atoms with Crippen LogP contribution in [0.3, 0.4) is 0 Å². The number of carbonyl (C=O) groups excluding carboxylic acids is 1. The first-order valence-electron chi connectivity index (χ1n) is 12.2. The Hall–Kier alpha value is -3.73. The van der Waals surface area contributed by atoms with Gasteiger partial charge in [0.2, 0.25) is 0 Å². The molecule has 4 rings (SSSR count). The van der Waals surface area contributed by atoms with E-state index in [2.05, 4.69) is 26.8 Å². The molecule has 9 nitrogen and oxygen atoms in total. The maximum atomic E-state index is 12.2. The zero-order valence-corrected chi connectivity index (χ0v) is 24.1. The van der Waals surface area contributed by atoms with Gasteiger partial charge >= 0.3 is 0 Å². The zero-order chi connectivity index (χ0) is 28.3. The number of nitrogens with one attached hydrogen (secondary N) is 1. The number of benzene rings is 3. The van der Waals surface area contributed by atoms with Crippen LogP contribution in [0.25, 0.3) is 0 Å². The first-order valence-corrected chi connectivity index (χ1v) is 13.9. The Kier molecular flexibility index (Phi) is 10.7. The molecule has 208 valence electrons. The van der Waals surface area contributed by atoms with Crippen molar-refractivity contribution in [1.29, 1.82) is 0 Å². The molecule has 0 unspecified atom stereocenters. The lowest BCUT2D eigenvalue weighted by Gasteiger charge is -2.13. The standard InChI is InChI=1S/C28H26Cl2N4O5S/c1-3-36-25-12-19(7-9-24(25)37-15-20-6-4-5-18(2)11-20)14-31-32-26(35)17-40-28-34-33-27(39-28)16-38-23-10-8-21(29)13-22(23)30/h4-14H,3,15-17H2,1-2H3,(H,32,35)/b31-14-. The van der Waals surface area contributed by atoms with Crippen molar-refractivity contribution in [2.45, 2.75) is 32.3 Å². The van der Waals surface area contributed by atoms with Crippen LogP contribution in [0.2, 0.25) is 10.0 Å². The molecule has 0 aliphatic heterocycles. The predicted octanol–water partition coefficient (Wildman–Crippen LogP) is 6.48. The molecule has 3 aromatic carbocycles. The van der Waals surface area contributed by atoms with Crippen molar-refractivity contribution in [3.05, 3.63) is 93.3 Å². The molecule has 0 atom stereocenters. The summed E-state index contributed by atoms with van der Waals surface area (Å²) in [6.45, 7) is 4.87. The summed E-state index contributed by atoms with van der Waals surface area (Å²) in [5.41, 5.74) is 5.46. The van der Waals surface area contributed by atoms with E-state index >= 15 is 0 Å². The minimum Gasteiger partial charge on any atom is -0.490 e. The number of hydrogen-bond acceptors (Lipinski definition) is 9. The van der Waals surface area contributed by atoms with Gasteiger partial charge in [0.05, 0.1) is 23.6 Å². The van der Waals surface area contributed by atoms with Crippen molar-refractivity contribution in [2.75, 3.05) is 12.4 Å². The summed E-state index contributed by atoms with van der Waals surface area (Å²) < 4.78 is 22.8. The predicted molar refractivity (Wildman–Crippen MR) is 155 cm³/mol. The van der Waals surface area contributed by atoms with Crippen molar-refractivity contribution in [2.24, 2.45) is 5.10 Å². The van der Waals surface area contributed by atoms with Crippen LogP contribution in [0, 0.1) is 6.92 Å². The summed E-state index contributed by atoms with van der Waals surface area (Å²) in [7, 11) is 0. The zero-order valence-electron chi connectivity index (χ0n) is 21.7. The number of hydrogen-bond donors (Lipinski definition) is 1. The van der Waals surface area contributed by atoms with Gasteiger partial charge in [0.1, 0.15) is 12.4 Å². The number of amides is 1. The highest BCUT2D eigenvalue weighted by molar-refractivity contribution is 7.99. The molecule has 0 spiro atoms. The molecule has 4 aromatic rings. The average molecular weight is 602 g/mol. The van der Waals surface area contributed by atoms with Crippen molar-refractivity contribution in [3.8, 4) is 17.2 Å². The van der Waals surface area contributed by atoms with Crippen LogP contribution in [0.15, 0.2) is 75.4 Å². The van der Waals surface area contributed by atoms with Gasteiger partial charge in [-0.3, -0.25) is 4.79 Å². The van der Waals surface area contributed by atoms with Gasteiger partial charge in [-0.2, -0.15) is 5.10 Å². The molecule has 1 heterocycles. The molecule has 40 heavy (non-hydrogen) atoms. The highest BCUT2D eigenvalue weighted by atomic mass is 35.5. The third-order valence-corrected chi connectivity index (χ3v) is 6.52. The second kappa shape index (κ2) is 14.6. The maximum Gasteiger partial charge on any atom is 0.277 e.